The number of rotatable bonds is 2. The van der Waals surface area contributed by atoms with E-state index in [0.717, 1.165) is 0 Å². The van der Waals surface area contributed by atoms with E-state index in [-0.39, 0.29) is 6.10 Å². The zero-order chi connectivity index (χ0) is 10.0. The molecule has 1 heterocycles. The summed E-state index contributed by atoms with van der Waals surface area (Å²) in [7, 11) is 3.03. The van der Waals surface area contributed by atoms with Crippen molar-refractivity contribution in [3.63, 3.8) is 0 Å². The number of aliphatic hydroxyl groups excluding tert-OH is 1. The van der Waals surface area contributed by atoms with Gasteiger partial charge in [0.25, 0.3) is 0 Å². The van der Waals surface area contributed by atoms with Crippen LogP contribution in [0, 0.1) is 0 Å². The molecule has 1 aliphatic rings. The Bertz CT molecular complexity index is 166. The highest BCUT2D eigenvalue weighted by Crippen LogP contribution is 2.21. The number of hydrogen-bond acceptors (Lipinski definition) is 5. The monoisotopic (exact) mass is 191 g/mol. The topological polar surface area (TPSA) is 73.9 Å². The Kier molecular flexibility index (Phi) is 3.63. The summed E-state index contributed by atoms with van der Waals surface area (Å²) >= 11 is 0. The Balaban J connectivity index is 2.69. The van der Waals surface area contributed by atoms with E-state index in [9.17, 15) is 5.11 Å². The third-order valence-electron chi connectivity index (χ3n) is 2.36. The fourth-order valence-electron chi connectivity index (χ4n) is 1.54. The van der Waals surface area contributed by atoms with Crippen molar-refractivity contribution in [3.8, 4) is 0 Å². The molecule has 0 aromatic heterocycles. The molecule has 1 fully saturated rings. The average Bonchev–Trinajstić information content (AvgIpc) is 2.12. The molecule has 5 atom stereocenters. The first-order valence-corrected chi connectivity index (χ1v) is 4.26. The third kappa shape index (κ3) is 2.00. The van der Waals surface area contributed by atoms with E-state index in [0.29, 0.717) is 0 Å². The van der Waals surface area contributed by atoms with Gasteiger partial charge in [0.05, 0.1) is 12.1 Å². The molecule has 0 amide bonds. The molecule has 0 bridgehead atoms. The molecular weight excluding hydrogens is 174 g/mol. The van der Waals surface area contributed by atoms with Gasteiger partial charge in [0.1, 0.15) is 12.2 Å². The summed E-state index contributed by atoms with van der Waals surface area (Å²) in [5.74, 6) is 0. The molecule has 5 nitrogen and oxygen atoms in total. The lowest BCUT2D eigenvalue weighted by atomic mass is 9.98. The second-order valence-corrected chi connectivity index (χ2v) is 3.21. The van der Waals surface area contributed by atoms with Crippen LogP contribution in [0.15, 0.2) is 0 Å². The Morgan fingerprint density at radius 1 is 1.31 bits per heavy atom. The molecule has 0 spiro atoms. The molecule has 1 saturated heterocycles. The predicted octanol–water partition coefficient (Wildman–Crippen LogP) is -0.919. The largest absolute Gasteiger partial charge is 0.388 e. The van der Waals surface area contributed by atoms with Crippen LogP contribution in [0.2, 0.25) is 0 Å². The smallest absolute Gasteiger partial charge is 0.175 e. The van der Waals surface area contributed by atoms with Crippen molar-refractivity contribution in [1.82, 2.24) is 0 Å². The van der Waals surface area contributed by atoms with Crippen LogP contribution >= 0.6 is 0 Å². The van der Waals surface area contributed by atoms with Crippen LogP contribution in [-0.4, -0.2) is 50.0 Å². The van der Waals surface area contributed by atoms with Crippen molar-refractivity contribution in [2.24, 2.45) is 5.73 Å². The van der Waals surface area contributed by atoms with Crippen LogP contribution in [0.4, 0.5) is 0 Å². The molecule has 5 heteroatoms. The molecular formula is C8H17NO4. The summed E-state index contributed by atoms with van der Waals surface area (Å²) in [5, 5.41) is 9.64. The molecule has 0 radical (unpaired) electrons. The van der Waals surface area contributed by atoms with Crippen molar-refractivity contribution in [2.45, 2.75) is 37.6 Å². The summed E-state index contributed by atoms with van der Waals surface area (Å²) in [4.78, 5) is 0. The predicted molar refractivity (Wildman–Crippen MR) is 46.1 cm³/mol. The van der Waals surface area contributed by atoms with Crippen molar-refractivity contribution in [2.75, 3.05) is 14.2 Å². The number of aliphatic hydroxyl groups is 1. The normalized spacial score (nSPS) is 46.4. The van der Waals surface area contributed by atoms with Crippen molar-refractivity contribution < 1.29 is 19.3 Å². The van der Waals surface area contributed by atoms with Gasteiger partial charge in [-0.25, -0.2) is 0 Å². The van der Waals surface area contributed by atoms with E-state index in [1.807, 2.05) is 0 Å². The van der Waals surface area contributed by atoms with Gasteiger partial charge in [-0.3, -0.25) is 0 Å². The number of nitrogens with two attached hydrogens (primary N) is 1. The Labute approximate surface area is 77.8 Å². The fourth-order valence-corrected chi connectivity index (χ4v) is 1.54. The molecule has 3 N–H and O–H groups in total. The van der Waals surface area contributed by atoms with Crippen LogP contribution in [0.25, 0.3) is 0 Å². The maximum Gasteiger partial charge on any atom is 0.175 e. The van der Waals surface area contributed by atoms with E-state index >= 15 is 0 Å². The lowest BCUT2D eigenvalue weighted by molar-refractivity contribution is -0.251. The minimum atomic E-state index is -0.702. The number of methoxy groups -OCH3 is 2. The van der Waals surface area contributed by atoms with Gasteiger partial charge >= 0.3 is 0 Å². The fraction of sp³-hybridized carbons (Fsp3) is 1.00. The van der Waals surface area contributed by atoms with E-state index in [4.69, 9.17) is 19.9 Å². The molecule has 13 heavy (non-hydrogen) atoms. The molecule has 1 aliphatic heterocycles. The third-order valence-corrected chi connectivity index (χ3v) is 2.36. The second kappa shape index (κ2) is 4.34. The quantitative estimate of drug-likeness (QED) is 0.590. The highest BCUT2D eigenvalue weighted by molar-refractivity contribution is 4.90. The van der Waals surface area contributed by atoms with Crippen LogP contribution in [-0.2, 0) is 14.2 Å². The van der Waals surface area contributed by atoms with Crippen LogP contribution < -0.4 is 5.73 Å². The highest BCUT2D eigenvalue weighted by Gasteiger charge is 2.41. The minimum Gasteiger partial charge on any atom is -0.388 e. The summed E-state index contributed by atoms with van der Waals surface area (Å²) in [6.45, 7) is 1.76. The SMILES string of the molecule is CO[C@@H]1O[C@H](C)[C@H](O)[C@H](OC)[C@H]1N. The first-order valence-electron chi connectivity index (χ1n) is 4.26. The lowest BCUT2D eigenvalue weighted by Gasteiger charge is -2.40. The average molecular weight is 191 g/mol. The summed E-state index contributed by atoms with van der Waals surface area (Å²) < 4.78 is 15.4. The maximum atomic E-state index is 9.64. The van der Waals surface area contributed by atoms with Crippen LogP contribution in [0.5, 0.6) is 0 Å². The molecule has 0 aliphatic carbocycles. The van der Waals surface area contributed by atoms with Gasteiger partial charge < -0.3 is 25.1 Å². The van der Waals surface area contributed by atoms with Gasteiger partial charge in [0.15, 0.2) is 6.29 Å². The summed E-state index contributed by atoms with van der Waals surface area (Å²) in [6, 6.07) is -0.457. The molecule has 78 valence electrons. The van der Waals surface area contributed by atoms with Crippen LogP contribution in [0.3, 0.4) is 0 Å². The summed E-state index contributed by atoms with van der Waals surface area (Å²) in [5.41, 5.74) is 5.76. The van der Waals surface area contributed by atoms with Crippen molar-refractivity contribution in [1.29, 1.82) is 0 Å². The van der Waals surface area contributed by atoms with Gasteiger partial charge in [-0.15, -0.1) is 0 Å². The molecule has 0 unspecified atom stereocenters. The highest BCUT2D eigenvalue weighted by atomic mass is 16.7. The lowest BCUT2D eigenvalue weighted by Crippen LogP contribution is -2.61. The Morgan fingerprint density at radius 3 is 2.38 bits per heavy atom. The molecule has 0 aromatic carbocycles. The van der Waals surface area contributed by atoms with Gasteiger partial charge in [-0.05, 0) is 6.92 Å². The van der Waals surface area contributed by atoms with Gasteiger partial charge in [-0.2, -0.15) is 0 Å². The first kappa shape index (κ1) is 10.9. The zero-order valence-corrected chi connectivity index (χ0v) is 8.14. The van der Waals surface area contributed by atoms with E-state index in [1.54, 1.807) is 6.92 Å². The van der Waals surface area contributed by atoms with E-state index in [2.05, 4.69) is 0 Å². The van der Waals surface area contributed by atoms with Gasteiger partial charge in [0.2, 0.25) is 0 Å². The maximum absolute atomic E-state index is 9.64. The van der Waals surface area contributed by atoms with Gasteiger partial charge in [0, 0.05) is 14.2 Å². The standard InChI is InChI=1S/C8H17NO4/c1-4-6(10)7(11-2)5(9)8(12-3)13-4/h4-8,10H,9H2,1-3H3/t4-,5-,6+,7-,8-/m1/s1. The van der Waals surface area contributed by atoms with Crippen molar-refractivity contribution in [3.05, 3.63) is 0 Å². The molecule has 1 rings (SSSR count). The molecule has 0 aromatic rings. The Morgan fingerprint density at radius 2 is 1.92 bits per heavy atom. The zero-order valence-electron chi connectivity index (χ0n) is 8.14. The first-order chi connectivity index (χ1) is 6.11. The summed E-state index contributed by atoms with van der Waals surface area (Å²) in [6.07, 6.45) is -1.97. The number of ether oxygens (including phenoxy) is 3. The second-order valence-electron chi connectivity index (χ2n) is 3.21. The molecule has 0 saturated carbocycles. The van der Waals surface area contributed by atoms with Crippen LogP contribution in [0.1, 0.15) is 6.92 Å². The number of hydrogen-bond donors (Lipinski definition) is 2. The Hall–Kier alpha value is -0.200. The van der Waals surface area contributed by atoms with E-state index < -0.39 is 24.5 Å². The van der Waals surface area contributed by atoms with Crippen molar-refractivity contribution >= 4 is 0 Å². The minimum absolute atomic E-state index is 0.324. The van der Waals surface area contributed by atoms with E-state index in [1.165, 1.54) is 14.2 Å². The van der Waals surface area contributed by atoms with Gasteiger partial charge in [-0.1, -0.05) is 0 Å².